The Balaban J connectivity index is 0.000000963. The Labute approximate surface area is 111 Å². The monoisotopic (exact) mass is 240 g/mol. The molecule has 0 saturated heterocycles. The average Bonchev–Trinajstić information content (AvgIpc) is 2.26. The summed E-state index contributed by atoms with van der Waals surface area (Å²) in [5, 5.41) is 5.28. The van der Waals surface area contributed by atoms with Gasteiger partial charge in [-0.05, 0) is 40.6 Å². The molecule has 0 aromatic heterocycles. The number of rotatable bonds is 0. The van der Waals surface area contributed by atoms with Crippen LogP contribution in [0.1, 0.15) is 27.8 Å². The van der Waals surface area contributed by atoms with E-state index in [2.05, 4.69) is 61.5 Å². The highest BCUT2D eigenvalue weighted by Crippen LogP contribution is 2.23. The van der Waals surface area contributed by atoms with Crippen LogP contribution in [0, 0.1) is 6.92 Å². The van der Waals surface area contributed by atoms with Crippen LogP contribution in [0.4, 0.5) is 0 Å². The lowest BCUT2D eigenvalue weighted by molar-refractivity contribution is 1.51. The van der Waals surface area contributed by atoms with Crippen molar-refractivity contribution in [3.8, 4) is 0 Å². The standard InChI is InChI=1S/C15H12.3CH4/c1-11-6-7-14-9-12-4-2-3-5-13(12)10-15(14)8-11;;;/h2-10H,1H3;3*1H4. The van der Waals surface area contributed by atoms with E-state index in [1.54, 1.807) is 0 Å². The van der Waals surface area contributed by atoms with Gasteiger partial charge in [-0.1, -0.05) is 70.3 Å². The first-order valence-electron chi connectivity index (χ1n) is 5.22. The molecule has 0 atom stereocenters. The van der Waals surface area contributed by atoms with E-state index >= 15 is 0 Å². The highest BCUT2D eigenvalue weighted by molar-refractivity contribution is 5.98. The van der Waals surface area contributed by atoms with E-state index in [1.807, 2.05) is 0 Å². The van der Waals surface area contributed by atoms with Crippen molar-refractivity contribution in [2.45, 2.75) is 29.2 Å². The highest BCUT2D eigenvalue weighted by Gasteiger charge is 1.97. The summed E-state index contributed by atoms with van der Waals surface area (Å²) in [5.41, 5.74) is 1.32. The minimum atomic E-state index is 0. The molecule has 0 radical (unpaired) electrons. The summed E-state index contributed by atoms with van der Waals surface area (Å²) >= 11 is 0. The van der Waals surface area contributed by atoms with E-state index < -0.39 is 0 Å². The SMILES string of the molecule is C.C.C.Cc1ccc2cc3ccccc3cc2c1. The minimum Gasteiger partial charge on any atom is -0.0776 e. The van der Waals surface area contributed by atoms with Crippen molar-refractivity contribution in [2.24, 2.45) is 0 Å². The number of hydrogen-bond donors (Lipinski definition) is 0. The van der Waals surface area contributed by atoms with E-state index in [-0.39, 0.29) is 22.3 Å². The van der Waals surface area contributed by atoms with Crippen molar-refractivity contribution in [1.82, 2.24) is 0 Å². The maximum atomic E-state index is 2.26. The molecule has 0 heterocycles. The largest absolute Gasteiger partial charge is 0.0776 e. The van der Waals surface area contributed by atoms with Gasteiger partial charge < -0.3 is 0 Å². The molecule has 3 aromatic rings. The summed E-state index contributed by atoms with van der Waals surface area (Å²) in [6.45, 7) is 2.13. The van der Waals surface area contributed by atoms with Gasteiger partial charge in [-0.25, -0.2) is 0 Å². The summed E-state index contributed by atoms with van der Waals surface area (Å²) in [7, 11) is 0. The first-order chi connectivity index (χ1) is 7.33. The predicted octanol–water partition coefficient (Wildman–Crippen LogP) is 6.21. The molecule has 0 spiro atoms. The Morgan fingerprint density at radius 1 is 0.556 bits per heavy atom. The zero-order valence-electron chi connectivity index (χ0n) is 8.70. The summed E-state index contributed by atoms with van der Waals surface area (Å²) in [4.78, 5) is 0. The fourth-order valence-electron chi connectivity index (χ4n) is 2.06. The van der Waals surface area contributed by atoms with E-state index in [0.717, 1.165) is 0 Å². The smallest absolute Gasteiger partial charge is 0.0175 e. The second-order valence-electron chi connectivity index (χ2n) is 4.05. The molecule has 3 rings (SSSR count). The molecule has 3 aromatic carbocycles. The molecule has 18 heavy (non-hydrogen) atoms. The van der Waals surface area contributed by atoms with Crippen molar-refractivity contribution >= 4 is 21.5 Å². The van der Waals surface area contributed by atoms with Gasteiger partial charge in [0.05, 0.1) is 0 Å². The number of fused-ring (bicyclic) bond motifs is 2. The van der Waals surface area contributed by atoms with Crippen LogP contribution in [0.2, 0.25) is 0 Å². The summed E-state index contributed by atoms with van der Waals surface area (Å²) in [6, 6.07) is 19.6. The molecule has 0 fully saturated rings. The van der Waals surface area contributed by atoms with E-state index in [0.29, 0.717) is 0 Å². The normalized spacial score (nSPS) is 9.17. The van der Waals surface area contributed by atoms with Gasteiger partial charge in [0.15, 0.2) is 0 Å². The first kappa shape index (κ1) is 16.2. The molecule has 0 heteroatoms. The van der Waals surface area contributed by atoms with E-state index in [1.165, 1.54) is 27.1 Å². The highest BCUT2D eigenvalue weighted by atomic mass is 14.0. The topological polar surface area (TPSA) is 0 Å². The molecule has 0 aliphatic rings. The Hall–Kier alpha value is -1.82. The van der Waals surface area contributed by atoms with Gasteiger partial charge in [-0.15, -0.1) is 0 Å². The van der Waals surface area contributed by atoms with Gasteiger partial charge in [-0.3, -0.25) is 0 Å². The van der Waals surface area contributed by atoms with Gasteiger partial charge in [0.2, 0.25) is 0 Å². The van der Waals surface area contributed by atoms with Crippen molar-refractivity contribution in [3.05, 3.63) is 60.2 Å². The zero-order chi connectivity index (χ0) is 10.3. The van der Waals surface area contributed by atoms with Gasteiger partial charge in [0.25, 0.3) is 0 Å². The van der Waals surface area contributed by atoms with Crippen LogP contribution in [0.3, 0.4) is 0 Å². The van der Waals surface area contributed by atoms with Crippen molar-refractivity contribution in [3.63, 3.8) is 0 Å². The third-order valence-corrected chi connectivity index (χ3v) is 2.86. The van der Waals surface area contributed by atoms with E-state index in [9.17, 15) is 0 Å². The zero-order valence-corrected chi connectivity index (χ0v) is 8.70. The fourth-order valence-corrected chi connectivity index (χ4v) is 2.06. The molecule has 96 valence electrons. The second-order valence-corrected chi connectivity index (χ2v) is 4.05. The summed E-state index contributed by atoms with van der Waals surface area (Å²) in [5.74, 6) is 0. The molecule has 0 bridgehead atoms. The van der Waals surface area contributed by atoms with Crippen LogP contribution < -0.4 is 0 Å². The summed E-state index contributed by atoms with van der Waals surface area (Å²) in [6.07, 6.45) is 0. The number of benzene rings is 3. The van der Waals surface area contributed by atoms with Crippen LogP contribution in [0.25, 0.3) is 21.5 Å². The maximum Gasteiger partial charge on any atom is -0.0175 e. The Kier molecular flexibility index (Phi) is 5.58. The number of hydrogen-bond acceptors (Lipinski definition) is 0. The molecule has 0 amide bonds. The van der Waals surface area contributed by atoms with Gasteiger partial charge in [-0.2, -0.15) is 0 Å². The molecule has 0 unspecified atom stereocenters. The van der Waals surface area contributed by atoms with Gasteiger partial charge in [0.1, 0.15) is 0 Å². The lowest BCUT2D eigenvalue weighted by Crippen LogP contribution is -1.77. The third kappa shape index (κ3) is 2.70. The minimum absolute atomic E-state index is 0. The molecule has 0 aliphatic heterocycles. The summed E-state index contributed by atoms with van der Waals surface area (Å²) < 4.78 is 0. The molecule has 0 nitrogen and oxygen atoms in total. The lowest BCUT2D eigenvalue weighted by atomic mass is 10.0. The molecule has 0 saturated carbocycles. The Morgan fingerprint density at radius 3 is 1.67 bits per heavy atom. The van der Waals surface area contributed by atoms with Crippen LogP contribution in [0.5, 0.6) is 0 Å². The third-order valence-electron chi connectivity index (χ3n) is 2.86. The van der Waals surface area contributed by atoms with Gasteiger partial charge >= 0.3 is 0 Å². The molecule has 0 N–H and O–H groups in total. The first-order valence-corrected chi connectivity index (χ1v) is 5.22. The fraction of sp³-hybridized carbons (Fsp3) is 0.222. The maximum absolute atomic E-state index is 2.26. The van der Waals surface area contributed by atoms with Crippen molar-refractivity contribution in [2.75, 3.05) is 0 Å². The van der Waals surface area contributed by atoms with Crippen molar-refractivity contribution < 1.29 is 0 Å². The Bertz CT molecular complexity index is 636. The van der Waals surface area contributed by atoms with Crippen LogP contribution in [0.15, 0.2) is 54.6 Å². The lowest BCUT2D eigenvalue weighted by Gasteiger charge is -2.02. The quantitative estimate of drug-likeness (QED) is 0.410. The molecule has 0 aliphatic carbocycles. The molecular weight excluding hydrogens is 216 g/mol. The van der Waals surface area contributed by atoms with Crippen LogP contribution >= 0.6 is 0 Å². The van der Waals surface area contributed by atoms with Crippen molar-refractivity contribution in [1.29, 1.82) is 0 Å². The predicted molar refractivity (Wildman–Crippen MR) is 86.4 cm³/mol. The van der Waals surface area contributed by atoms with E-state index in [4.69, 9.17) is 0 Å². The second kappa shape index (κ2) is 6.20. The Morgan fingerprint density at radius 2 is 1.06 bits per heavy atom. The van der Waals surface area contributed by atoms with Crippen LogP contribution in [-0.2, 0) is 0 Å². The number of aryl methyl sites for hydroxylation is 1. The average molecular weight is 240 g/mol. The van der Waals surface area contributed by atoms with Gasteiger partial charge in [0, 0.05) is 0 Å². The molecular formula is C18H24. The van der Waals surface area contributed by atoms with Crippen LogP contribution in [-0.4, -0.2) is 0 Å².